The Kier molecular flexibility index (Phi) is 5.45. The first kappa shape index (κ1) is 12.0. The van der Waals surface area contributed by atoms with Gasteiger partial charge in [0, 0.05) is 12.6 Å². The van der Waals surface area contributed by atoms with E-state index in [2.05, 4.69) is 29.1 Å². The van der Waals surface area contributed by atoms with E-state index in [4.69, 9.17) is 0 Å². The summed E-state index contributed by atoms with van der Waals surface area (Å²) in [6.07, 6.45) is 2.59. The molecule has 1 rings (SSSR count). The molecule has 1 aliphatic rings. The van der Waals surface area contributed by atoms with Gasteiger partial charge in [-0.25, -0.2) is 0 Å². The molecule has 3 nitrogen and oxygen atoms in total. The molecule has 0 aromatic rings. The van der Waals surface area contributed by atoms with Crippen LogP contribution in [0.3, 0.4) is 0 Å². The number of hydrogen-bond acceptors (Lipinski definition) is 3. The Hall–Kier alpha value is -0.120. The van der Waals surface area contributed by atoms with Gasteiger partial charge in [0.15, 0.2) is 0 Å². The highest BCUT2D eigenvalue weighted by Gasteiger charge is 2.21. The Morgan fingerprint density at radius 3 is 2.79 bits per heavy atom. The molecule has 0 radical (unpaired) electrons. The van der Waals surface area contributed by atoms with Gasteiger partial charge in [0.05, 0.1) is 0 Å². The molecule has 3 heteroatoms. The summed E-state index contributed by atoms with van der Waals surface area (Å²) in [7, 11) is 4.28. The van der Waals surface area contributed by atoms with Gasteiger partial charge in [-0.3, -0.25) is 4.90 Å². The van der Waals surface area contributed by atoms with Crippen LogP contribution in [0.25, 0.3) is 0 Å². The molecule has 0 aromatic carbocycles. The fraction of sp³-hybridized carbons (Fsp3) is 1.00. The SMILES string of the molecule is CCN1CCCN(C)CC1CCNC. The summed E-state index contributed by atoms with van der Waals surface area (Å²) in [5.41, 5.74) is 0. The van der Waals surface area contributed by atoms with Crippen LogP contribution < -0.4 is 5.32 Å². The maximum absolute atomic E-state index is 3.25. The lowest BCUT2D eigenvalue weighted by Gasteiger charge is -2.29. The number of rotatable bonds is 4. The van der Waals surface area contributed by atoms with Gasteiger partial charge in [-0.05, 0) is 53.1 Å². The predicted molar refractivity (Wildman–Crippen MR) is 61.7 cm³/mol. The number of nitrogens with zero attached hydrogens (tertiary/aromatic N) is 2. The molecule has 0 aromatic heterocycles. The lowest BCUT2D eigenvalue weighted by Crippen LogP contribution is -2.41. The Bertz CT molecular complexity index is 149. The molecule has 1 atom stereocenters. The van der Waals surface area contributed by atoms with E-state index in [0.29, 0.717) is 0 Å². The average molecular weight is 199 g/mol. The van der Waals surface area contributed by atoms with E-state index < -0.39 is 0 Å². The standard InChI is InChI=1S/C11H25N3/c1-4-14-9-5-8-13(3)10-11(14)6-7-12-2/h11-12H,4-10H2,1-3H3. The lowest BCUT2D eigenvalue weighted by atomic mass is 10.1. The fourth-order valence-corrected chi connectivity index (χ4v) is 2.29. The lowest BCUT2D eigenvalue weighted by molar-refractivity contribution is 0.187. The molecule has 1 N–H and O–H groups in total. The summed E-state index contributed by atoms with van der Waals surface area (Å²) < 4.78 is 0. The Morgan fingerprint density at radius 1 is 1.36 bits per heavy atom. The molecule has 0 amide bonds. The van der Waals surface area contributed by atoms with Gasteiger partial charge in [0.25, 0.3) is 0 Å². The highest BCUT2D eigenvalue weighted by Crippen LogP contribution is 2.10. The second kappa shape index (κ2) is 6.38. The maximum Gasteiger partial charge on any atom is 0.0235 e. The third-order valence-electron chi connectivity index (χ3n) is 3.16. The molecular weight excluding hydrogens is 174 g/mol. The highest BCUT2D eigenvalue weighted by molar-refractivity contribution is 4.78. The van der Waals surface area contributed by atoms with Crippen molar-refractivity contribution < 1.29 is 0 Å². The third-order valence-corrected chi connectivity index (χ3v) is 3.16. The highest BCUT2D eigenvalue weighted by atomic mass is 15.2. The number of hydrogen-bond donors (Lipinski definition) is 1. The van der Waals surface area contributed by atoms with Crippen LogP contribution >= 0.6 is 0 Å². The van der Waals surface area contributed by atoms with Crippen LogP contribution in [0.5, 0.6) is 0 Å². The van der Waals surface area contributed by atoms with E-state index >= 15 is 0 Å². The zero-order chi connectivity index (χ0) is 10.4. The molecule has 0 saturated carbocycles. The number of likely N-dealkylation sites (N-methyl/N-ethyl adjacent to an activating group) is 2. The molecule has 0 bridgehead atoms. The first-order valence-corrected chi connectivity index (χ1v) is 5.85. The van der Waals surface area contributed by atoms with Gasteiger partial charge in [0.1, 0.15) is 0 Å². The van der Waals surface area contributed by atoms with E-state index in [-0.39, 0.29) is 0 Å². The zero-order valence-corrected chi connectivity index (χ0v) is 9.92. The van der Waals surface area contributed by atoms with Crippen LogP contribution in [0.1, 0.15) is 19.8 Å². The normalized spacial score (nSPS) is 26.4. The van der Waals surface area contributed by atoms with Gasteiger partial charge in [-0.15, -0.1) is 0 Å². The Morgan fingerprint density at radius 2 is 2.14 bits per heavy atom. The van der Waals surface area contributed by atoms with E-state index in [1.807, 2.05) is 7.05 Å². The quantitative estimate of drug-likeness (QED) is 0.716. The zero-order valence-electron chi connectivity index (χ0n) is 9.92. The van der Waals surface area contributed by atoms with Crippen molar-refractivity contribution in [1.29, 1.82) is 0 Å². The van der Waals surface area contributed by atoms with Crippen molar-refractivity contribution in [3.05, 3.63) is 0 Å². The second-order valence-electron chi connectivity index (χ2n) is 4.29. The summed E-state index contributed by atoms with van der Waals surface area (Å²) >= 11 is 0. The first-order valence-electron chi connectivity index (χ1n) is 5.85. The summed E-state index contributed by atoms with van der Waals surface area (Å²) in [4.78, 5) is 5.09. The third kappa shape index (κ3) is 3.56. The molecule has 14 heavy (non-hydrogen) atoms. The smallest absolute Gasteiger partial charge is 0.0235 e. The number of nitrogens with one attached hydrogen (secondary N) is 1. The van der Waals surface area contributed by atoms with Crippen molar-refractivity contribution in [2.24, 2.45) is 0 Å². The van der Waals surface area contributed by atoms with Crippen molar-refractivity contribution in [3.63, 3.8) is 0 Å². The molecule has 1 aliphatic heterocycles. The second-order valence-corrected chi connectivity index (χ2v) is 4.29. The molecule has 1 saturated heterocycles. The fourth-order valence-electron chi connectivity index (χ4n) is 2.29. The molecule has 1 heterocycles. The van der Waals surface area contributed by atoms with E-state index in [1.54, 1.807) is 0 Å². The van der Waals surface area contributed by atoms with E-state index in [0.717, 1.165) is 12.6 Å². The Balaban J connectivity index is 2.44. The minimum Gasteiger partial charge on any atom is -0.320 e. The predicted octanol–water partition coefficient (Wildman–Crippen LogP) is 0.622. The van der Waals surface area contributed by atoms with Crippen molar-refractivity contribution in [2.75, 3.05) is 46.8 Å². The van der Waals surface area contributed by atoms with Crippen molar-refractivity contribution >= 4 is 0 Å². The van der Waals surface area contributed by atoms with E-state index in [9.17, 15) is 0 Å². The van der Waals surface area contributed by atoms with Crippen LogP contribution in [0.15, 0.2) is 0 Å². The topological polar surface area (TPSA) is 18.5 Å². The molecule has 84 valence electrons. The van der Waals surface area contributed by atoms with Crippen LogP contribution in [0, 0.1) is 0 Å². The van der Waals surface area contributed by atoms with E-state index in [1.165, 1.54) is 39.0 Å². The van der Waals surface area contributed by atoms with Gasteiger partial charge < -0.3 is 10.2 Å². The molecule has 1 unspecified atom stereocenters. The monoisotopic (exact) mass is 199 g/mol. The summed E-state index contributed by atoms with van der Waals surface area (Å²) in [5.74, 6) is 0. The summed E-state index contributed by atoms with van der Waals surface area (Å²) in [6.45, 7) is 8.37. The van der Waals surface area contributed by atoms with Crippen LogP contribution in [-0.4, -0.2) is 62.7 Å². The van der Waals surface area contributed by atoms with Crippen molar-refractivity contribution in [2.45, 2.75) is 25.8 Å². The summed E-state index contributed by atoms with van der Waals surface area (Å²) in [5, 5.41) is 3.25. The molecule has 1 fully saturated rings. The molecular formula is C11H25N3. The largest absolute Gasteiger partial charge is 0.320 e. The minimum absolute atomic E-state index is 0.750. The van der Waals surface area contributed by atoms with Crippen LogP contribution in [-0.2, 0) is 0 Å². The van der Waals surface area contributed by atoms with Crippen LogP contribution in [0.2, 0.25) is 0 Å². The average Bonchev–Trinajstić information content (AvgIpc) is 2.36. The van der Waals surface area contributed by atoms with Crippen molar-refractivity contribution in [1.82, 2.24) is 15.1 Å². The molecule has 0 spiro atoms. The minimum atomic E-state index is 0.750. The maximum atomic E-state index is 3.25. The summed E-state index contributed by atoms with van der Waals surface area (Å²) in [6, 6.07) is 0.750. The first-order chi connectivity index (χ1) is 6.77. The van der Waals surface area contributed by atoms with Gasteiger partial charge >= 0.3 is 0 Å². The molecule has 0 aliphatic carbocycles. The van der Waals surface area contributed by atoms with Gasteiger partial charge in [0.2, 0.25) is 0 Å². The van der Waals surface area contributed by atoms with Crippen LogP contribution in [0.4, 0.5) is 0 Å². The van der Waals surface area contributed by atoms with Gasteiger partial charge in [-0.1, -0.05) is 6.92 Å². The van der Waals surface area contributed by atoms with Gasteiger partial charge in [-0.2, -0.15) is 0 Å². The van der Waals surface area contributed by atoms with Crippen molar-refractivity contribution in [3.8, 4) is 0 Å². The Labute approximate surface area is 88.5 Å².